The Kier molecular flexibility index (Phi) is 7.19. The highest BCUT2D eigenvalue weighted by Crippen LogP contribution is 2.39. The number of fused-ring (bicyclic) bond motifs is 1. The number of aromatic nitrogens is 4. The summed E-state index contributed by atoms with van der Waals surface area (Å²) in [5, 5.41) is 10.9. The summed E-state index contributed by atoms with van der Waals surface area (Å²) in [5.41, 5.74) is 2.85. The molecule has 38 heavy (non-hydrogen) atoms. The Morgan fingerprint density at radius 1 is 1.00 bits per heavy atom. The first kappa shape index (κ1) is 25.2. The van der Waals surface area contributed by atoms with Crippen LogP contribution in [0.15, 0.2) is 96.1 Å². The minimum absolute atomic E-state index is 0.00440. The molecule has 3 N–H and O–H groups in total. The molecule has 0 radical (unpaired) electrons. The maximum absolute atomic E-state index is 13.8. The molecule has 8 nitrogen and oxygen atoms in total. The van der Waals surface area contributed by atoms with E-state index < -0.39 is 29.4 Å². The predicted molar refractivity (Wildman–Crippen MR) is 146 cm³/mol. The number of nitrogens with zero attached hydrogens (tertiary/aromatic N) is 2. The van der Waals surface area contributed by atoms with E-state index in [1.165, 1.54) is 0 Å². The number of rotatable bonds is 8. The van der Waals surface area contributed by atoms with Gasteiger partial charge in [0, 0.05) is 0 Å². The Hall–Kier alpha value is -4.50. The van der Waals surface area contributed by atoms with E-state index in [4.69, 9.17) is 17.0 Å². The number of benzene rings is 3. The van der Waals surface area contributed by atoms with E-state index in [9.17, 15) is 14.7 Å². The monoisotopic (exact) mass is 527 g/mol. The Morgan fingerprint density at radius 3 is 2.34 bits per heavy atom. The first-order chi connectivity index (χ1) is 18.5. The number of hydrogen-bond acceptors (Lipinski definition) is 5. The largest absolute Gasteiger partial charge is 0.494 e. The van der Waals surface area contributed by atoms with Crippen molar-refractivity contribution in [3.05, 3.63) is 123 Å². The van der Waals surface area contributed by atoms with Gasteiger partial charge >= 0.3 is 5.97 Å². The second kappa shape index (κ2) is 10.9. The number of aromatic hydroxyl groups is 1. The molecule has 3 aromatic carbocycles. The lowest BCUT2D eigenvalue weighted by atomic mass is 9.85. The Balaban J connectivity index is 1.78. The molecule has 0 aliphatic heterocycles. The summed E-state index contributed by atoms with van der Waals surface area (Å²) in [5.74, 6) is -1.82. The van der Waals surface area contributed by atoms with Crippen molar-refractivity contribution < 1.29 is 19.2 Å². The van der Waals surface area contributed by atoms with Crippen molar-refractivity contribution in [2.75, 3.05) is 6.61 Å². The van der Waals surface area contributed by atoms with Crippen molar-refractivity contribution in [1.29, 1.82) is 0 Å². The third-order valence-electron chi connectivity index (χ3n) is 6.50. The van der Waals surface area contributed by atoms with Gasteiger partial charge in [-0.3, -0.25) is 9.78 Å². The van der Waals surface area contributed by atoms with Crippen LogP contribution in [0, 0.1) is 4.77 Å². The highest BCUT2D eigenvalue weighted by atomic mass is 32.1. The van der Waals surface area contributed by atoms with Gasteiger partial charge < -0.3 is 14.8 Å². The van der Waals surface area contributed by atoms with Crippen LogP contribution in [0.5, 0.6) is 5.88 Å². The number of para-hydroxylation sites is 2. The topological polar surface area (TPSA) is 104 Å². The molecule has 2 atom stereocenters. The third-order valence-corrected chi connectivity index (χ3v) is 6.70. The molecule has 0 fully saturated rings. The van der Waals surface area contributed by atoms with Gasteiger partial charge in [-0.05, 0) is 42.4 Å². The zero-order chi connectivity index (χ0) is 26.6. The molecule has 9 heteroatoms. The first-order valence-electron chi connectivity index (χ1n) is 12.3. The van der Waals surface area contributed by atoms with Crippen LogP contribution in [0.2, 0.25) is 0 Å². The minimum Gasteiger partial charge on any atom is -0.494 e. The second-order valence-corrected chi connectivity index (χ2v) is 9.29. The number of hydrogen-bond donors (Lipinski definition) is 3. The van der Waals surface area contributed by atoms with Gasteiger partial charge in [-0.2, -0.15) is 0 Å². The van der Waals surface area contributed by atoms with Crippen LogP contribution in [-0.2, 0) is 16.1 Å². The number of carbonyl (C=O) groups is 1. The van der Waals surface area contributed by atoms with Crippen molar-refractivity contribution >= 4 is 29.2 Å². The van der Waals surface area contributed by atoms with E-state index in [0.29, 0.717) is 12.1 Å². The summed E-state index contributed by atoms with van der Waals surface area (Å²) in [6, 6.07) is 25.9. The van der Waals surface area contributed by atoms with E-state index in [1.807, 2.05) is 95.8 Å². The highest BCUT2D eigenvalue weighted by molar-refractivity contribution is 7.71. The molecule has 0 amide bonds. The number of H-pyrrole nitrogens is 2. The smallest absolute Gasteiger partial charge is 0.352 e. The summed E-state index contributed by atoms with van der Waals surface area (Å²) < 4.78 is 9.44. The summed E-state index contributed by atoms with van der Waals surface area (Å²) in [6.45, 7) is 2.46. The zero-order valence-corrected chi connectivity index (χ0v) is 21.5. The van der Waals surface area contributed by atoms with E-state index in [0.717, 1.165) is 16.6 Å². The van der Waals surface area contributed by atoms with Gasteiger partial charge in [0.15, 0.2) is 21.7 Å². The molecule has 0 spiro atoms. The molecule has 0 saturated carbocycles. The lowest BCUT2D eigenvalue weighted by molar-refractivity contribution is -0.663. The minimum atomic E-state index is -1.02. The second-order valence-electron chi connectivity index (χ2n) is 8.88. The molecule has 5 aromatic rings. The van der Waals surface area contributed by atoms with Gasteiger partial charge in [-0.15, -0.1) is 0 Å². The lowest BCUT2D eigenvalue weighted by Gasteiger charge is -2.24. The van der Waals surface area contributed by atoms with Gasteiger partial charge in [0.25, 0.3) is 5.56 Å². The number of esters is 1. The summed E-state index contributed by atoms with van der Waals surface area (Å²) in [4.78, 5) is 32.2. The highest BCUT2D eigenvalue weighted by Gasteiger charge is 2.42. The van der Waals surface area contributed by atoms with Crippen molar-refractivity contribution in [2.45, 2.75) is 25.4 Å². The van der Waals surface area contributed by atoms with Crippen LogP contribution in [0.4, 0.5) is 0 Å². The maximum Gasteiger partial charge on any atom is 0.352 e. The summed E-state index contributed by atoms with van der Waals surface area (Å²) in [6.07, 6.45) is 1.87. The van der Waals surface area contributed by atoms with Crippen molar-refractivity contribution in [2.24, 2.45) is 0 Å². The van der Waals surface area contributed by atoms with E-state index in [1.54, 1.807) is 6.92 Å². The number of carbonyl (C=O) groups excluding carboxylic acids is 1. The van der Waals surface area contributed by atoms with Crippen molar-refractivity contribution in [1.82, 2.24) is 14.5 Å². The van der Waals surface area contributed by atoms with Crippen LogP contribution in [-0.4, -0.2) is 32.2 Å². The molecule has 2 unspecified atom stereocenters. The average Bonchev–Trinajstić information content (AvgIpc) is 3.26. The van der Waals surface area contributed by atoms with Crippen molar-refractivity contribution in [3.63, 3.8) is 0 Å². The zero-order valence-electron chi connectivity index (χ0n) is 20.7. The lowest BCUT2D eigenvalue weighted by Crippen LogP contribution is -2.35. The quantitative estimate of drug-likeness (QED) is 0.158. The fourth-order valence-corrected chi connectivity index (χ4v) is 5.09. The molecule has 0 saturated heterocycles. The van der Waals surface area contributed by atoms with Crippen LogP contribution in [0.1, 0.15) is 35.6 Å². The molecule has 0 aliphatic carbocycles. The Labute approximate surface area is 223 Å². The van der Waals surface area contributed by atoms with Gasteiger partial charge in [-0.1, -0.05) is 72.8 Å². The third kappa shape index (κ3) is 4.88. The summed E-state index contributed by atoms with van der Waals surface area (Å²) in [7, 11) is 0. The number of imidazole rings is 1. The van der Waals surface area contributed by atoms with Crippen LogP contribution < -0.4 is 10.1 Å². The average molecular weight is 528 g/mol. The molecular weight excluding hydrogens is 500 g/mol. The molecule has 0 aliphatic rings. The van der Waals surface area contributed by atoms with Crippen LogP contribution in [0.25, 0.3) is 11.0 Å². The molecule has 5 rings (SSSR count). The number of ether oxygens (including phenoxy) is 1. The number of aromatic amines is 2. The van der Waals surface area contributed by atoms with Gasteiger partial charge in [0.05, 0.1) is 18.1 Å². The first-order valence-corrected chi connectivity index (χ1v) is 12.7. The Bertz CT molecular complexity index is 1690. The molecule has 2 heterocycles. The Morgan fingerprint density at radius 2 is 1.66 bits per heavy atom. The molecular formula is C29H27N4O4S+. The molecule has 192 valence electrons. The molecule has 0 bridgehead atoms. The SMILES string of the molecule is CCOC(=O)C(C(c1ccccc1)c1c(O)[nH]c(=S)[nH]c1=O)n1c[n+](Cc2ccccc2)c2ccccc21. The number of nitrogens with one attached hydrogen (secondary N) is 2. The van der Waals surface area contributed by atoms with E-state index in [-0.39, 0.29) is 16.9 Å². The fourth-order valence-electron chi connectivity index (χ4n) is 4.91. The van der Waals surface area contributed by atoms with E-state index in [2.05, 4.69) is 14.5 Å². The standard InChI is InChI=1S/C29H26N4O4S/c1-2-37-28(36)25(23(20-13-7-4-8-14-20)24-26(34)30-29(38)31-27(24)35)33-18-32(17-19-11-5-3-6-12-19)21-15-9-10-16-22(21)33/h3-16,18,23,25H,2,17H2,1H3,(H2-,30,31,34,35,38)/p+1. The normalized spacial score (nSPS) is 12.8. The van der Waals surface area contributed by atoms with Gasteiger partial charge in [-0.25, -0.2) is 13.9 Å². The molecule has 2 aromatic heterocycles. The van der Waals surface area contributed by atoms with Gasteiger partial charge in [0.1, 0.15) is 6.54 Å². The predicted octanol–water partition coefficient (Wildman–Crippen LogP) is 4.36. The summed E-state index contributed by atoms with van der Waals surface area (Å²) >= 11 is 5.06. The van der Waals surface area contributed by atoms with Crippen LogP contribution in [0.3, 0.4) is 0 Å². The maximum atomic E-state index is 13.8. The van der Waals surface area contributed by atoms with Crippen LogP contribution >= 0.6 is 12.2 Å². The van der Waals surface area contributed by atoms with Gasteiger partial charge in [0.2, 0.25) is 12.4 Å². The fraction of sp³-hybridized carbons (Fsp3) is 0.172. The van der Waals surface area contributed by atoms with Crippen molar-refractivity contribution in [3.8, 4) is 5.88 Å². The van der Waals surface area contributed by atoms with E-state index >= 15 is 0 Å².